The third-order valence-corrected chi connectivity index (χ3v) is 3.54. The standard InChI is InChI=1S/C13H22N4O/c1-12(2,3)10(8-17-7-6-15-9-17)16-11(18)13(14)4-5-13/h6-7,9-10H,4-5,8,14H2,1-3H3,(H,16,18)/t10-/m1/s1. The molecule has 1 aliphatic rings. The predicted octanol–water partition coefficient (Wildman–Crippen LogP) is 0.905. The van der Waals surface area contributed by atoms with Crippen LogP contribution < -0.4 is 11.1 Å². The van der Waals surface area contributed by atoms with Crippen LogP contribution in [0.25, 0.3) is 0 Å². The molecule has 2 rings (SSSR count). The van der Waals surface area contributed by atoms with Gasteiger partial charge in [-0.3, -0.25) is 4.79 Å². The Morgan fingerprint density at radius 2 is 2.22 bits per heavy atom. The van der Waals surface area contributed by atoms with E-state index in [1.807, 2.05) is 10.8 Å². The van der Waals surface area contributed by atoms with Crippen molar-refractivity contribution in [3.8, 4) is 0 Å². The van der Waals surface area contributed by atoms with E-state index < -0.39 is 5.54 Å². The first kappa shape index (κ1) is 13.1. The van der Waals surface area contributed by atoms with Gasteiger partial charge in [-0.2, -0.15) is 0 Å². The SMILES string of the molecule is CC(C)(C)[C@@H](Cn1ccnc1)NC(=O)C1(N)CC1. The molecule has 5 nitrogen and oxygen atoms in total. The van der Waals surface area contributed by atoms with Crippen LogP contribution in [0.3, 0.4) is 0 Å². The highest BCUT2D eigenvalue weighted by molar-refractivity contribution is 5.89. The van der Waals surface area contributed by atoms with Crippen molar-refractivity contribution in [2.45, 2.75) is 51.7 Å². The van der Waals surface area contributed by atoms with E-state index in [2.05, 4.69) is 31.1 Å². The average Bonchev–Trinajstić information content (AvgIpc) is 2.82. The fourth-order valence-corrected chi connectivity index (χ4v) is 1.81. The number of nitrogens with one attached hydrogen (secondary N) is 1. The number of amides is 1. The van der Waals surface area contributed by atoms with Gasteiger partial charge in [0.05, 0.1) is 17.9 Å². The van der Waals surface area contributed by atoms with Crippen LogP contribution in [0, 0.1) is 5.41 Å². The van der Waals surface area contributed by atoms with Crippen molar-refractivity contribution >= 4 is 5.91 Å². The maximum Gasteiger partial charge on any atom is 0.240 e. The Hall–Kier alpha value is -1.36. The molecule has 1 amide bonds. The summed E-state index contributed by atoms with van der Waals surface area (Å²) >= 11 is 0. The first-order chi connectivity index (χ1) is 8.31. The van der Waals surface area contributed by atoms with Gasteiger partial charge in [0, 0.05) is 18.9 Å². The van der Waals surface area contributed by atoms with E-state index in [4.69, 9.17) is 5.73 Å². The highest BCUT2D eigenvalue weighted by atomic mass is 16.2. The van der Waals surface area contributed by atoms with Gasteiger partial charge in [-0.15, -0.1) is 0 Å². The summed E-state index contributed by atoms with van der Waals surface area (Å²) < 4.78 is 1.98. The lowest BCUT2D eigenvalue weighted by atomic mass is 9.86. The highest BCUT2D eigenvalue weighted by Crippen LogP contribution is 2.33. The summed E-state index contributed by atoms with van der Waals surface area (Å²) in [5, 5.41) is 3.09. The van der Waals surface area contributed by atoms with E-state index in [1.165, 1.54) is 0 Å². The number of hydrogen-bond acceptors (Lipinski definition) is 3. The monoisotopic (exact) mass is 250 g/mol. The van der Waals surface area contributed by atoms with Crippen molar-refractivity contribution in [1.82, 2.24) is 14.9 Å². The van der Waals surface area contributed by atoms with Crippen molar-refractivity contribution in [2.75, 3.05) is 0 Å². The number of imidazole rings is 1. The molecule has 0 radical (unpaired) electrons. The zero-order valence-corrected chi connectivity index (χ0v) is 11.3. The minimum absolute atomic E-state index is 0.0226. The molecule has 0 bridgehead atoms. The van der Waals surface area contributed by atoms with Gasteiger partial charge in [-0.1, -0.05) is 20.8 Å². The first-order valence-corrected chi connectivity index (χ1v) is 6.37. The molecule has 0 unspecified atom stereocenters. The van der Waals surface area contributed by atoms with Crippen LogP contribution in [0.2, 0.25) is 0 Å². The maximum absolute atomic E-state index is 12.1. The van der Waals surface area contributed by atoms with Crippen LogP contribution in [-0.2, 0) is 11.3 Å². The molecule has 1 fully saturated rings. The van der Waals surface area contributed by atoms with Gasteiger partial charge in [0.25, 0.3) is 0 Å². The highest BCUT2D eigenvalue weighted by Gasteiger charge is 2.47. The number of aromatic nitrogens is 2. The summed E-state index contributed by atoms with van der Waals surface area (Å²) in [4.78, 5) is 16.1. The fraction of sp³-hybridized carbons (Fsp3) is 0.692. The third-order valence-electron chi connectivity index (χ3n) is 3.54. The van der Waals surface area contributed by atoms with Gasteiger partial charge in [0.2, 0.25) is 5.91 Å². The van der Waals surface area contributed by atoms with Gasteiger partial charge in [0.15, 0.2) is 0 Å². The Morgan fingerprint density at radius 3 is 2.67 bits per heavy atom. The molecule has 5 heteroatoms. The number of carbonyl (C=O) groups is 1. The number of carbonyl (C=O) groups excluding carboxylic acids is 1. The van der Waals surface area contributed by atoms with Crippen LogP contribution in [0.5, 0.6) is 0 Å². The molecular formula is C13H22N4O. The molecule has 1 atom stereocenters. The lowest BCUT2D eigenvalue weighted by molar-refractivity contribution is -0.124. The molecule has 3 N–H and O–H groups in total. The van der Waals surface area contributed by atoms with Crippen molar-refractivity contribution in [2.24, 2.45) is 11.1 Å². The van der Waals surface area contributed by atoms with Gasteiger partial charge in [-0.05, 0) is 18.3 Å². The third kappa shape index (κ3) is 2.90. The van der Waals surface area contributed by atoms with E-state index in [0.29, 0.717) is 6.54 Å². The zero-order chi connectivity index (χ0) is 13.4. The Morgan fingerprint density at radius 1 is 1.56 bits per heavy atom. The lowest BCUT2D eigenvalue weighted by Crippen LogP contribution is -2.52. The van der Waals surface area contributed by atoms with Gasteiger partial charge in [0.1, 0.15) is 0 Å². The molecule has 0 spiro atoms. The van der Waals surface area contributed by atoms with E-state index in [9.17, 15) is 4.79 Å². The van der Waals surface area contributed by atoms with Crippen LogP contribution >= 0.6 is 0 Å². The van der Waals surface area contributed by atoms with Crippen molar-refractivity contribution in [1.29, 1.82) is 0 Å². The summed E-state index contributed by atoms with van der Waals surface area (Å²) in [5.74, 6) is -0.0254. The molecule has 0 aliphatic heterocycles. The lowest BCUT2D eigenvalue weighted by Gasteiger charge is -2.32. The van der Waals surface area contributed by atoms with Crippen LogP contribution in [-0.4, -0.2) is 27.0 Å². The van der Waals surface area contributed by atoms with Crippen LogP contribution in [0.4, 0.5) is 0 Å². The first-order valence-electron chi connectivity index (χ1n) is 6.37. The fourth-order valence-electron chi connectivity index (χ4n) is 1.81. The molecule has 0 saturated heterocycles. The normalized spacial score (nSPS) is 19.3. The molecule has 1 aromatic rings. The van der Waals surface area contributed by atoms with Crippen LogP contribution in [0.1, 0.15) is 33.6 Å². The second-order valence-corrected chi connectivity index (χ2v) is 6.31. The Balaban J connectivity index is 2.04. The minimum Gasteiger partial charge on any atom is -0.349 e. The maximum atomic E-state index is 12.1. The van der Waals surface area contributed by atoms with Gasteiger partial charge in [-0.25, -0.2) is 4.98 Å². The van der Waals surface area contributed by atoms with Crippen molar-refractivity contribution < 1.29 is 4.79 Å². The second kappa shape index (κ2) is 4.39. The quantitative estimate of drug-likeness (QED) is 0.834. The van der Waals surface area contributed by atoms with E-state index in [-0.39, 0.29) is 17.4 Å². The van der Waals surface area contributed by atoms with E-state index in [0.717, 1.165) is 12.8 Å². The average molecular weight is 250 g/mol. The summed E-state index contributed by atoms with van der Waals surface area (Å²) in [6, 6.07) is 0.0419. The molecule has 1 heterocycles. The molecule has 1 aliphatic carbocycles. The number of nitrogens with two attached hydrogens (primary N) is 1. The topological polar surface area (TPSA) is 72.9 Å². The number of nitrogens with zero attached hydrogens (tertiary/aromatic N) is 2. The van der Waals surface area contributed by atoms with Crippen LogP contribution in [0.15, 0.2) is 18.7 Å². The predicted molar refractivity (Wildman–Crippen MR) is 69.8 cm³/mol. The number of rotatable bonds is 4. The molecular weight excluding hydrogens is 228 g/mol. The second-order valence-electron chi connectivity index (χ2n) is 6.31. The summed E-state index contributed by atoms with van der Waals surface area (Å²) in [5.41, 5.74) is 5.29. The van der Waals surface area contributed by atoms with Gasteiger partial charge >= 0.3 is 0 Å². The minimum atomic E-state index is -0.613. The Kier molecular flexibility index (Phi) is 3.19. The van der Waals surface area contributed by atoms with E-state index in [1.54, 1.807) is 12.5 Å². The van der Waals surface area contributed by atoms with Crippen molar-refractivity contribution in [3.63, 3.8) is 0 Å². The zero-order valence-electron chi connectivity index (χ0n) is 11.3. The molecule has 100 valence electrons. The van der Waals surface area contributed by atoms with Gasteiger partial charge < -0.3 is 15.6 Å². The Labute approximate surface area is 108 Å². The smallest absolute Gasteiger partial charge is 0.240 e. The molecule has 18 heavy (non-hydrogen) atoms. The number of hydrogen-bond donors (Lipinski definition) is 2. The largest absolute Gasteiger partial charge is 0.349 e. The molecule has 0 aromatic carbocycles. The summed E-state index contributed by atoms with van der Waals surface area (Å²) in [6.45, 7) is 7.06. The Bertz CT molecular complexity index is 415. The van der Waals surface area contributed by atoms with E-state index >= 15 is 0 Å². The summed E-state index contributed by atoms with van der Waals surface area (Å²) in [6.07, 6.45) is 6.99. The molecule has 1 saturated carbocycles. The summed E-state index contributed by atoms with van der Waals surface area (Å²) in [7, 11) is 0. The molecule has 1 aromatic heterocycles. The van der Waals surface area contributed by atoms with Crippen molar-refractivity contribution in [3.05, 3.63) is 18.7 Å².